The molecule has 23 heavy (non-hydrogen) atoms. The number of imide groups is 1. The number of aliphatic hydroxyl groups excluding tert-OH is 1. The van der Waals surface area contributed by atoms with Crippen LogP contribution in [0.5, 0.6) is 5.75 Å². The van der Waals surface area contributed by atoms with Crippen LogP contribution < -0.4 is 10.1 Å². The first-order valence-electron chi connectivity index (χ1n) is 7.93. The van der Waals surface area contributed by atoms with Crippen LogP contribution in [0, 0.1) is 6.92 Å². The molecule has 0 aromatic heterocycles. The number of nitrogens with zero attached hydrogens (tertiary/aromatic N) is 1. The molecule has 6 heteroatoms. The van der Waals surface area contributed by atoms with Gasteiger partial charge in [-0.05, 0) is 31.9 Å². The van der Waals surface area contributed by atoms with Gasteiger partial charge in [0.2, 0.25) is 0 Å². The van der Waals surface area contributed by atoms with E-state index in [0.29, 0.717) is 18.6 Å². The topological polar surface area (TPSA) is 78.9 Å². The molecule has 0 spiro atoms. The predicted molar refractivity (Wildman–Crippen MR) is 86.2 cm³/mol. The van der Waals surface area contributed by atoms with Crippen molar-refractivity contribution in [3.8, 4) is 5.75 Å². The molecule has 2 N–H and O–H groups in total. The maximum Gasteiger partial charge on any atom is 0.325 e. The van der Waals surface area contributed by atoms with Gasteiger partial charge < -0.3 is 15.2 Å². The molecule has 1 heterocycles. The molecular formula is C17H24N2O4. The van der Waals surface area contributed by atoms with Gasteiger partial charge in [-0.3, -0.25) is 9.69 Å². The van der Waals surface area contributed by atoms with Crippen molar-refractivity contribution in [2.45, 2.75) is 45.3 Å². The maximum atomic E-state index is 12.4. The maximum absolute atomic E-state index is 12.4. The van der Waals surface area contributed by atoms with Crippen molar-refractivity contribution in [1.29, 1.82) is 0 Å². The van der Waals surface area contributed by atoms with E-state index in [1.807, 2.05) is 45.0 Å². The Morgan fingerprint density at radius 2 is 1.83 bits per heavy atom. The molecule has 2 rings (SSSR count). The minimum absolute atomic E-state index is 0.0192. The molecule has 0 saturated carbocycles. The third-order valence-electron chi connectivity index (χ3n) is 4.31. The van der Waals surface area contributed by atoms with Crippen LogP contribution in [-0.2, 0) is 4.79 Å². The third kappa shape index (κ3) is 3.64. The van der Waals surface area contributed by atoms with Crippen LogP contribution in [0.15, 0.2) is 24.3 Å². The number of aryl methyl sites for hydroxylation is 1. The number of aliphatic hydroxyl groups is 1. The van der Waals surface area contributed by atoms with E-state index in [1.165, 1.54) is 0 Å². The van der Waals surface area contributed by atoms with Gasteiger partial charge in [-0.2, -0.15) is 0 Å². The summed E-state index contributed by atoms with van der Waals surface area (Å²) < 4.78 is 5.49. The molecule has 3 amide bonds. The molecule has 1 saturated heterocycles. The molecule has 0 radical (unpaired) electrons. The van der Waals surface area contributed by atoms with Gasteiger partial charge in [0, 0.05) is 0 Å². The largest absolute Gasteiger partial charge is 0.491 e. The quantitative estimate of drug-likeness (QED) is 0.752. The van der Waals surface area contributed by atoms with Gasteiger partial charge in [0.15, 0.2) is 0 Å². The number of rotatable bonds is 7. The Morgan fingerprint density at radius 3 is 2.35 bits per heavy atom. The molecular weight excluding hydrogens is 296 g/mol. The smallest absolute Gasteiger partial charge is 0.325 e. The fraction of sp³-hybridized carbons (Fsp3) is 0.529. The van der Waals surface area contributed by atoms with E-state index in [0.717, 1.165) is 10.5 Å². The Balaban J connectivity index is 1.92. The van der Waals surface area contributed by atoms with Crippen LogP contribution >= 0.6 is 0 Å². The van der Waals surface area contributed by atoms with Crippen LogP contribution in [0.2, 0.25) is 0 Å². The first-order valence-corrected chi connectivity index (χ1v) is 7.93. The van der Waals surface area contributed by atoms with E-state index in [1.54, 1.807) is 0 Å². The summed E-state index contributed by atoms with van der Waals surface area (Å²) in [5, 5.41) is 12.8. The van der Waals surface area contributed by atoms with Gasteiger partial charge >= 0.3 is 6.03 Å². The Bertz CT molecular complexity index is 566. The molecule has 1 aromatic rings. The van der Waals surface area contributed by atoms with E-state index in [9.17, 15) is 14.7 Å². The highest BCUT2D eigenvalue weighted by Gasteiger charge is 2.48. The van der Waals surface area contributed by atoms with Crippen LogP contribution in [-0.4, -0.2) is 46.7 Å². The average Bonchev–Trinajstić information content (AvgIpc) is 2.79. The molecule has 0 aliphatic carbocycles. The minimum Gasteiger partial charge on any atom is -0.491 e. The molecule has 1 aliphatic heterocycles. The summed E-state index contributed by atoms with van der Waals surface area (Å²) in [4.78, 5) is 25.5. The fourth-order valence-corrected chi connectivity index (χ4v) is 2.66. The van der Waals surface area contributed by atoms with Crippen molar-refractivity contribution in [3.05, 3.63) is 29.8 Å². The average molecular weight is 320 g/mol. The number of carbonyl (C=O) groups excluding carboxylic acids is 2. The first kappa shape index (κ1) is 17.3. The van der Waals surface area contributed by atoms with Gasteiger partial charge in [0.1, 0.15) is 24.0 Å². The summed E-state index contributed by atoms with van der Waals surface area (Å²) in [6.45, 7) is 5.65. The third-order valence-corrected chi connectivity index (χ3v) is 4.31. The zero-order valence-electron chi connectivity index (χ0n) is 13.8. The molecule has 1 fully saturated rings. The van der Waals surface area contributed by atoms with Crippen molar-refractivity contribution in [2.24, 2.45) is 0 Å². The highest BCUT2D eigenvalue weighted by atomic mass is 16.5. The highest BCUT2D eigenvalue weighted by molar-refractivity contribution is 6.07. The Kier molecular flexibility index (Phi) is 5.26. The molecule has 0 unspecified atom stereocenters. The Hall–Kier alpha value is -2.08. The molecule has 0 bridgehead atoms. The first-order chi connectivity index (χ1) is 10.9. The van der Waals surface area contributed by atoms with E-state index in [-0.39, 0.29) is 19.1 Å². The lowest BCUT2D eigenvalue weighted by Crippen LogP contribution is -2.46. The second-order valence-corrected chi connectivity index (χ2v) is 5.91. The Labute approximate surface area is 136 Å². The summed E-state index contributed by atoms with van der Waals surface area (Å²) in [6, 6.07) is 7.00. The number of carbonyl (C=O) groups is 2. The normalized spacial score (nSPS) is 18.0. The zero-order chi connectivity index (χ0) is 17.0. The van der Waals surface area contributed by atoms with Crippen molar-refractivity contribution < 1.29 is 19.4 Å². The molecule has 1 aliphatic rings. The number of urea groups is 1. The number of ether oxygens (including phenoxy) is 1. The van der Waals surface area contributed by atoms with Crippen LogP contribution in [0.1, 0.15) is 32.3 Å². The molecule has 1 aromatic carbocycles. The van der Waals surface area contributed by atoms with E-state index in [2.05, 4.69) is 5.32 Å². The van der Waals surface area contributed by atoms with Crippen molar-refractivity contribution >= 4 is 11.9 Å². The van der Waals surface area contributed by atoms with Gasteiger partial charge in [-0.25, -0.2) is 4.79 Å². The monoisotopic (exact) mass is 320 g/mol. The summed E-state index contributed by atoms with van der Waals surface area (Å²) in [5.41, 5.74) is 0.280. The minimum atomic E-state index is -0.935. The summed E-state index contributed by atoms with van der Waals surface area (Å²) in [7, 11) is 0. The van der Waals surface area contributed by atoms with Crippen molar-refractivity contribution in [2.75, 3.05) is 13.2 Å². The summed E-state index contributed by atoms with van der Waals surface area (Å²) in [6.07, 6.45) is 0.122. The summed E-state index contributed by atoms with van der Waals surface area (Å²) >= 11 is 0. The fourth-order valence-electron chi connectivity index (χ4n) is 2.66. The van der Waals surface area contributed by atoms with Gasteiger partial charge in [0.05, 0.1) is 6.54 Å². The van der Waals surface area contributed by atoms with E-state index in [4.69, 9.17) is 4.74 Å². The van der Waals surface area contributed by atoms with Crippen molar-refractivity contribution in [1.82, 2.24) is 10.2 Å². The number of β-amino-alcohol motifs (C(OH)–C–C–N with tert-alkyl or cyclic N) is 1. The number of hydrogen-bond donors (Lipinski definition) is 2. The highest BCUT2D eigenvalue weighted by Crippen LogP contribution is 2.25. The van der Waals surface area contributed by atoms with E-state index >= 15 is 0 Å². The lowest BCUT2D eigenvalue weighted by Gasteiger charge is -2.23. The Morgan fingerprint density at radius 1 is 1.22 bits per heavy atom. The summed E-state index contributed by atoms with van der Waals surface area (Å²) in [5.74, 6) is 0.366. The van der Waals surface area contributed by atoms with Gasteiger partial charge in [-0.15, -0.1) is 0 Å². The van der Waals surface area contributed by atoms with E-state index < -0.39 is 17.7 Å². The number of nitrogens with one attached hydrogen (secondary N) is 1. The van der Waals surface area contributed by atoms with Crippen LogP contribution in [0.25, 0.3) is 0 Å². The number of amides is 3. The molecule has 6 nitrogen and oxygen atoms in total. The second kappa shape index (κ2) is 7.00. The predicted octanol–water partition coefficient (Wildman–Crippen LogP) is 1.85. The van der Waals surface area contributed by atoms with Crippen LogP contribution in [0.3, 0.4) is 0 Å². The SMILES string of the molecule is CCC1(CC)NC(=O)N(C[C@H](O)COc2ccc(C)cc2)C1=O. The molecule has 1 atom stereocenters. The number of benzene rings is 1. The second-order valence-electron chi connectivity index (χ2n) is 5.91. The van der Waals surface area contributed by atoms with Gasteiger partial charge in [0.25, 0.3) is 5.91 Å². The lowest BCUT2D eigenvalue weighted by molar-refractivity contribution is -0.132. The van der Waals surface area contributed by atoms with Crippen molar-refractivity contribution in [3.63, 3.8) is 0 Å². The zero-order valence-corrected chi connectivity index (χ0v) is 13.8. The number of hydrogen-bond acceptors (Lipinski definition) is 4. The molecule has 126 valence electrons. The van der Waals surface area contributed by atoms with Gasteiger partial charge in [-0.1, -0.05) is 31.5 Å². The van der Waals surface area contributed by atoms with Crippen LogP contribution in [0.4, 0.5) is 4.79 Å². The standard InChI is InChI=1S/C17H24N2O4/c1-4-17(5-2)15(21)19(16(22)18-17)10-13(20)11-23-14-8-6-12(3)7-9-14/h6-9,13,20H,4-5,10-11H2,1-3H3,(H,18,22)/t13-/m0/s1. The lowest BCUT2D eigenvalue weighted by atomic mass is 9.93.